The Morgan fingerprint density at radius 2 is 2.05 bits per heavy atom. The van der Waals surface area contributed by atoms with Gasteiger partial charge in [0.05, 0.1) is 18.1 Å². The van der Waals surface area contributed by atoms with Crippen LogP contribution in [0.25, 0.3) is 0 Å². The molecule has 6 heteroatoms. The molecule has 2 rings (SSSR count). The van der Waals surface area contributed by atoms with E-state index < -0.39 is 0 Å². The van der Waals surface area contributed by atoms with Crippen LogP contribution in [0.5, 0.6) is 0 Å². The molecule has 0 aliphatic rings. The maximum absolute atomic E-state index is 11.9. The molecule has 0 atom stereocenters. The molecule has 0 saturated heterocycles. The van der Waals surface area contributed by atoms with Gasteiger partial charge in [0.15, 0.2) is 0 Å². The van der Waals surface area contributed by atoms with Crippen LogP contribution in [0.4, 0.5) is 0 Å². The van der Waals surface area contributed by atoms with Crippen LogP contribution >= 0.6 is 11.3 Å². The van der Waals surface area contributed by atoms with Crippen molar-refractivity contribution in [1.29, 1.82) is 0 Å². The van der Waals surface area contributed by atoms with Gasteiger partial charge in [-0.25, -0.2) is 4.98 Å². The van der Waals surface area contributed by atoms with Gasteiger partial charge in [0, 0.05) is 16.6 Å². The standard InChI is InChI=1S/C15H17N3O2S/c1-10-4-3-5-12(6-10)15(20)18-9-14(19)17-8-13-7-16-11(2)21-13/h3-7H,8-9H2,1-2H3,(H,17,19)(H,18,20). The van der Waals surface area contributed by atoms with Crippen LogP contribution in [-0.4, -0.2) is 23.3 Å². The van der Waals surface area contributed by atoms with E-state index in [1.165, 1.54) is 11.3 Å². The zero-order valence-corrected chi connectivity index (χ0v) is 12.8. The van der Waals surface area contributed by atoms with Crippen molar-refractivity contribution < 1.29 is 9.59 Å². The summed E-state index contributed by atoms with van der Waals surface area (Å²) in [5, 5.41) is 6.32. The molecule has 0 aliphatic heterocycles. The minimum Gasteiger partial charge on any atom is -0.350 e. The molecule has 110 valence electrons. The molecular formula is C15H17N3O2S. The van der Waals surface area contributed by atoms with Crippen molar-refractivity contribution in [3.63, 3.8) is 0 Å². The maximum Gasteiger partial charge on any atom is 0.251 e. The number of hydrogen-bond donors (Lipinski definition) is 2. The smallest absolute Gasteiger partial charge is 0.251 e. The highest BCUT2D eigenvalue weighted by Gasteiger charge is 2.08. The van der Waals surface area contributed by atoms with Crippen LogP contribution < -0.4 is 10.6 Å². The number of hydrogen-bond acceptors (Lipinski definition) is 4. The third-order valence-corrected chi connectivity index (χ3v) is 3.73. The third-order valence-electron chi connectivity index (χ3n) is 2.82. The van der Waals surface area contributed by atoms with Crippen molar-refractivity contribution in [3.05, 3.63) is 51.5 Å². The fraction of sp³-hybridized carbons (Fsp3) is 0.267. The average Bonchev–Trinajstić information content (AvgIpc) is 2.88. The molecule has 0 fully saturated rings. The predicted octanol–water partition coefficient (Wildman–Crippen LogP) is 1.81. The van der Waals surface area contributed by atoms with Crippen molar-refractivity contribution in [3.8, 4) is 0 Å². The van der Waals surface area contributed by atoms with Crippen LogP contribution in [-0.2, 0) is 11.3 Å². The summed E-state index contributed by atoms with van der Waals surface area (Å²) < 4.78 is 0. The Labute approximate surface area is 127 Å². The fourth-order valence-electron chi connectivity index (χ4n) is 1.78. The van der Waals surface area contributed by atoms with Gasteiger partial charge in [-0.05, 0) is 26.0 Å². The lowest BCUT2D eigenvalue weighted by Crippen LogP contribution is -2.36. The lowest BCUT2D eigenvalue weighted by Gasteiger charge is -2.06. The molecule has 0 unspecified atom stereocenters. The highest BCUT2D eigenvalue weighted by molar-refractivity contribution is 7.11. The summed E-state index contributed by atoms with van der Waals surface area (Å²) in [6.07, 6.45) is 1.74. The van der Waals surface area contributed by atoms with E-state index in [0.717, 1.165) is 15.4 Å². The molecule has 0 aliphatic carbocycles. The highest BCUT2D eigenvalue weighted by atomic mass is 32.1. The predicted molar refractivity (Wildman–Crippen MR) is 82.2 cm³/mol. The SMILES string of the molecule is Cc1cccc(C(=O)NCC(=O)NCc2cnc(C)s2)c1. The van der Waals surface area contributed by atoms with E-state index in [0.29, 0.717) is 12.1 Å². The minimum absolute atomic E-state index is 0.0371. The molecule has 1 aromatic heterocycles. The van der Waals surface area contributed by atoms with Gasteiger partial charge in [-0.2, -0.15) is 0 Å². The van der Waals surface area contributed by atoms with E-state index in [4.69, 9.17) is 0 Å². The first-order chi connectivity index (χ1) is 10.0. The van der Waals surface area contributed by atoms with Gasteiger partial charge in [0.25, 0.3) is 5.91 Å². The van der Waals surface area contributed by atoms with E-state index in [-0.39, 0.29) is 18.4 Å². The summed E-state index contributed by atoms with van der Waals surface area (Å²) in [5.41, 5.74) is 1.56. The Morgan fingerprint density at radius 1 is 1.24 bits per heavy atom. The van der Waals surface area contributed by atoms with Gasteiger partial charge in [0.2, 0.25) is 5.91 Å². The number of benzene rings is 1. The summed E-state index contributed by atoms with van der Waals surface area (Å²) in [4.78, 5) is 28.7. The lowest BCUT2D eigenvalue weighted by atomic mass is 10.1. The van der Waals surface area contributed by atoms with E-state index >= 15 is 0 Å². The molecular weight excluding hydrogens is 286 g/mol. The van der Waals surface area contributed by atoms with Crippen molar-refractivity contribution in [2.24, 2.45) is 0 Å². The Hall–Kier alpha value is -2.21. The number of rotatable bonds is 5. The monoisotopic (exact) mass is 303 g/mol. The number of carbonyl (C=O) groups is 2. The molecule has 21 heavy (non-hydrogen) atoms. The second-order valence-corrected chi connectivity index (χ2v) is 5.99. The molecule has 1 heterocycles. The topological polar surface area (TPSA) is 71.1 Å². The lowest BCUT2D eigenvalue weighted by molar-refractivity contribution is -0.120. The summed E-state index contributed by atoms with van der Waals surface area (Å²) in [6.45, 7) is 4.23. The van der Waals surface area contributed by atoms with Crippen LogP contribution in [0, 0.1) is 13.8 Å². The maximum atomic E-state index is 11.9. The van der Waals surface area contributed by atoms with E-state index in [2.05, 4.69) is 15.6 Å². The zero-order valence-electron chi connectivity index (χ0n) is 12.0. The molecule has 1 aromatic carbocycles. The van der Waals surface area contributed by atoms with Crippen molar-refractivity contribution in [2.75, 3.05) is 6.54 Å². The molecule has 2 aromatic rings. The largest absolute Gasteiger partial charge is 0.350 e. The Kier molecular flexibility index (Phi) is 5.05. The number of aryl methyl sites for hydroxylation is 2. The second kappa shape index (κ2) is 6.99. The van der Waals surface area contributed by atoms with Crippen LogP contribution in [0.1, 0.15) is 25.8 Å². The molecule has 2 amide bonds. The Bertz CT molecular complexity index is 652. The van der Waals surface area contributed by atoms with Crippen LogP contribution in [0.2, 0.25) is 0 Å². The highest BCUT2D eigenvalue weighted by Crippen LogP contribution is 2.10. The van der Waals surface area contributed by atoms with E-state index in [9.17, 15) is 9.59 Å². The average molecular weight is 303 g/mol. The van der Waals surface area contributed by atoms with Gasteiger partial charge < -0.3 is 10.6 Å². The van der Waals surface area contributed by atoms with Gasteiger partial charge >= 0.3 is 0 Å². The molecule has 0 saturated carbocycles. The van der Waals surface area contributed by atoms with Crippen LogP contribution in [0.3, 0.4) is 0 Å². The Balaban J connectivity index is 1.77. The van der Waals surface area contributed by atoms with Crippen molar-refractivity contribution in [1.82, 2.24) is 15.6 Å². The zero-order chi connectivity index (χ0) is 15.2. The summed E-state index contributed by atoms with van der Waals surface area (Å²) in [7, 11) is 0. The molecule has 5 nitrogen and oxygen atoms in total. The summed E-state index contributed by atoms with van der Waals surface area (Å²) in [6, 6.07) is 7.24. The quantitative estimate of drug-likeness (QED) is 0.885. The molecule has 0 radical (unpaired) electrons. The number of thiazole rings is 1. The van der Waals surface area contributed by atoms with E-state index in [1.807, 2.05) is 26.0 Å². The van der Waals surface area contributed by atoms with Crippen LogP contribution in [0.15, 0.2) is 30.5 Å². The molecule has 0 spiro atoms. The number of nitrogens with one attached hydrogen (secondary N) is 2. The number of aromatic nitrogens is 1. The second-order valence-electron chi connectivity index (χ2n) is 4.67. The third kappa shape index (κ3) is 4.68. The van der Waals surface area contributed by atoms with Gasteiger partial charge in [-0.1, -0.05) is 17.7 Å². The van der Waals surface area contributed by atoms with Gasteiger partial charge in [0.1, 0.15) is 0 Å². The van der Waals surface area contributed by atoms with Gasteiger partial charge in [-0.3, -0.25) is 9.59 Å². The first kappa shape index (κ1) is 15.2. The fourth-order valence-corrected chi connectivity index (χ4v) is 2.52. The van der Waals surface area contributed by atoms with Crippen molar-refractivity contribution >= 4 is 23.2 Å². The number of nitrogens with zero attached hydrogens (tertiary/aromatic N) is 1. The number of amides is 2. The minimum atomic E-state index is -0.248. The summed E-state index contributed by atoms with van der Waals surface area (Å²) in [5.74, 6) is -0.468. The molecule has 0 bridgehead atoms. The first-order valence-corrected chi connectivity index (χ1v) is 7.39. The first-order valence-electron chi connectivity index (χ1n) is 6.57. The summed E-state index contributed by atoms with van der Waals surface area (Å²) >= 11 is 1.54. The normalized spacial score (nSPS) is 10.2. The number of carbonyl (C=O) groups excluding carboxylic acids is 2. The Morgan fingerprint density at radius 3 is 2.71 bits per heavy atom. The van der Waals surface area contributed by atoms with Gasteiger partial charge in [-0.15, -0.1) is 11.3 Å². The van der Waals surface area contributed by atoms with Crippen molar-refractivity contribution in [2.45, 2.75) is 20.4 Å². The molecule has 2 N–H and O–H groups in total. The van der Waals surface area contributed by atoms with E-state index in [1.54, 1.807) is 18.3 Å².